The number of ether oxygens (including phenoxy) is 2. The van der Waals surface area contributed by atoms with Gasteiger partial charge in [0, 0.05) is 6.07 Å². The maximum absolute atomic E-state index is 13.0. The number of nitrogens with zero attached hydrogens (tertiary/aromatic N) is 2. The fourth-order valence-corrected chi connectivity index (χ4v) is 4.39. The number of nitrogens with two attached hydrogens (primary N) is 1. The number of thioether (sulfide) groups is 1. The number of esters is 1. The van der Waals surface area contributed by atoms with Gasteiger partial charge in [-0.05, 0) is 25.0 Å². The molecular formula is C23H20N4O4S. The van der Waals surface area contributed by atoms with E-state index in [1.54, 1.807) is 38.1 Å². The molecule has 1 aliphatic rings. The molecule has 1 aromatic heterocycles. The summed E-state index contributed by atoms with van der Waals surface area (Å²) in [5.41, 5.74) is 7.51. The molecule has 0 fully saturated rings. The number of benzene rings is 1. The van der Waals surface area contributed by atoms with Crippen molar-refractivity contribution < 1.29 is 14.3 Å². The quantitative estimate of drug-likeness (QED) is 0.507. The number of hydrogen-bond acceptors (Lipinski definition) is 8. The van der Waals surface area contributed by atoms with Crippen LogP contribution in [0.2, 0.25) is 0 Å². The van der Waals surface area contributed by atoms with Gasteiger partial charge in [0.25, 0.3) is 0 Å². The summed E-state index contributed by atoms with van der Waals surface area (Å²) in [5, 5.41) is 19.5. The smallest absolute Gasteiger partial charge is 0.338 e. The molecular weight excluding hydrogens is 428 g/mol. The maximum atomic E-state index is 13.0. The van der Waals surface area contributed by atoms with Crippen LogP contribution in [0.1, 0.15) is 29.5 Å². The van der Waals surface area contributed by atoms with E-state index in [1.807, 2.05) is 12.1 Å². The number of allylic oxidation sites excluding steroid dienone is 1. The van der Waals surface area contributed by atoms with Crippen molar-refractivity contribution >= 4 is 17.7 Å². The van der Waals surface area contributed by atoms with Crippen LogP contribution in [0, 0.1) is 29.6 Å². The van der Waals surface area contributed by atoms with Gasteiger partial charge in [0.2, 0.25) is 11.4 Å². The lowest BCUT2D eigenvalue weighted by molar-refractivity contribution is -0.139. The van der Waals surface area contributed by atoms with Crippen molar-refractivity contribution in [2.75, 3.05) is 12.4 Å². The number of aromatic amines is 1. The molecule has 0 aliphatic carbocycles. The van der Waals surface area contributed by atoms with E-state index >= 15 is 0 Å². The highest BCUT2D eigenvalue weighted by molar-refractivity contribution is 7.99. The highest BCUT2D eigenvalue weighted by atomic mass is 32.2. The molecule has 32 heavy (non-hydrogen) atoms. The van der Waals surface area contributed by atoms with Crippen molar-refractivity contribution in [2.45, 2.75) is 24.8 Å². The Kier molecular flexibility index (Phi) is 7.04. The lowest BCUT2D eigenvalue weighted by Crippen LogP contribution is -2.27. The van der Waals surface area contributed by atoms with Crippen LogP contribution >= 0.6 is 11.8 Å². The zero-order valence-corrected chi connectivity index (χ0v) is 18.3. The maximum Gasteiger partial charge on any atom is 0.338 e. The molecule has 1 atom stereocenters. The number of nitriles is 2. The Morgan fingerprint density at radius 2 is 2.00 bits per heavy atom. The van der Waals surface area contributed by atoms with Crippen molar-refractivity contribution in [3.8, 4) is 12.1 Å². The molecule has 2 heterocycles. The third kappa shape index (κ3) is 4.53. The van der Waals surface area contributed by atoms with Crippen molar-refractivity contribution in [1.29, 1.82) is 10.5 Å². The number of carbonyl (C=O) groups is 1. The predicted octanol–water partition coefficient (Wildman–Crippen LogP) is 2.97. The molecule has 9 heteroatoms. The third-order valence-electron chi connectivity index (χ3n) is 4.79. The first-order chi connectivity index (χ1) is 15.4. The number of carbonyl (C=O) groups excluding carboxylic acids is 1. The van der Waals surface area contributed by atoms with E-state index < -0.39 is 11.9 Å². The number of rotatable bonds is 6. The van der Waals surface area contributed by atoms with E-state index in [0.717, 1.165) is 11.8 Å². The summed E-state index contributed by atoms with van der Waals surface area (Å²) in [4.78, 5) is 27.5. The molecule has 0 bridgehead atoms. The first kappa shape index (κ1) is 22.7. The molecule has 3 N–H and O–H groups in total. The predicted molar refractivity (Wildman–Crippen MR) is 118 cm³/mol. The van der Waals surface area contributed by atoms with Crippen molar-refractivity contribution in [3.05, 3.63) is 86.2 Å². The minimum atomic E-state index is -0.767. The van der Waals surface area contributed by atoms with Crippen LogP contribution in [0.15, 0.2) is 69.0 Å². The Balaban J connectivity index is 2.11. The number of pyridine rings is 1. The average Bonchev–Trinajstić information content (AvgIpc) is 2.77. The summed E-state index contributed by atoms with van der Waals surface area (Å²) >= 11 is 1.12. The lowest BCUT2D eigenvalue weighted by atomic mass is 9.83. The summed E-state index contributed by atoms with van der Waals surface area (Å²) in [6.45, 7) is 3.49. The Bertz CT molecular complexity index is 1250. The summed E-state index contributed by atoms with van der Waals surface area (Å²) < 4.78 is 11.0. The summed E-state index contributed by atoms with van der Waals surface area (Å²) in [5.74, 6) is -1.23. The normalized spacial score (nSPS) is 15.6. The summed E-state index contributed by atoms with van der Waals surface area (Å²) in [6, 6.07) is 14.5. The second-order valence-electron chi connectivity index (χ2n) is 6.81. The van der Waals surface area contributed by atoms with Crippen LogP contribution in [0.3, 0.4) is 0 Å². The van der Waals surface area contributed by atoms with Crippen LogP contribution in [0.25, 0.3) is 0 Å². The van der Waals surface area contributed by atoms with Crippen LogP contribution < -0.4 is 11.3 Å². The molecule has 0 spiro atoms. The fourth-order valence-electron chi connectivity index (χ4n) is 3.38. The lowest BCUT2D eigenvalue weighted by Gasteiger charge is -2.28. The number of nitrogens with one attached hydrogen (secondary N) is 1. The molecule has 0 saturated carbocycles. The molecule has 162 valence electrons. The second-order valence-corrected chi connectivity index (χ2v) is 7.80. The molecule has 0 radical (unpaired) electrons. The summed E-state index contributed by atoms with van der Waals surface area (Å²) in [7, 11) is 0. The molecule has 3 rings (SSSR count). The number of aryl methyl sites for hydroxylation is 1. The van der Waals surface area contributed by atoms with Gasteiger partial charge in [-0.3, -0.25) is 4.79 Å². The number of aromatic nitrogens is 1. The molecule has 1 aliphatic heterocycles. The zero-order valence-electron chi connectivity index (χ0n) is 17.5. The van der Waals surface area contributed by atoms with E-state index in [0.29, 0.717) is 21.7 Å². The molecule has 0 saturated heterocycles. The fraction of sp³-hybridized carbons (Fsp3) is 0.217. The van der Waals surface area contributed by atoms with Gasteiger partial charge < -0.3 is 20.2 Å². The van der Waals surface area contributed by atoms with Crippen LogP contribution in [0.4, 0.5) is 0 Å². The number of hydrogen-bond donors (Lipinski definition) is 2. The number of H-pyrrole nitrogens is 1. The molecule has 8 nitrogen and oxygen atoms in total. The Hall–Kier alpha value is -3.95. The van der Waals surface area contributed by atoms with Crippen LogP contribution in [-0.2, 0) is 14.3 Å². The van der Waals surface area contributed by atoms with Gasteiger partial charge in [-0.1, -0.05) is 42.1 Å². The van der Waals surface area contributed by atoms with E-state index in [-0.39, 0.29) is 40.7 Å². The van der Waals surface area contributed by atoms with Gasteiger partial charge >= 0.3 is 5.97 Å². The molecule has 0 amide bonds. The second kappa shape index (κ2) is 9.90. The van der Waals surface area contributed by atoms with Gasteiger partial charge in [-0.2, -0.15) is 10.5 Å². The van der Waals surface area contributed by atoms with Crippen molar-refractivity contribution in [1.82, 2.24) is 4.98 Å². The van der Waals surface area contributed by atoms with Gasteiger partial charge in [0.15, 0.2) is 0 Å². The monoisotopic (exact) mass is 448 g/mol. The molecule has 1 aromatic carbocycles. The standard InChI is InChI=1S/C23H20N4O4S/c1-3-30-23(29)20-17(12-32-22-15(10-24)13(2)9-18(28)27-22)31-21(26)16(11-25)19(20)14-7-5-4-6-8-14/h4-9,19H,3,12,26H2,1-2H3,(H,27,28)/t19-/m1/s1. The minimum absolute atomic E-state index is 0.0744. The van der Waals surface area contributed by atoms with E-state index in [4.69, 9.17) is 15.2 Å². The van der Waals surface area contributed by atoms with Gasteiger partial charge in [0.1, 0.15) is 23.5 Å². The summed E-state index contributed by atoms with van der Waals surface area (Å²) in [6.07, 6.45) is 0. The Morgan fingerprint density at radius 3 is 2.62 bits per heavy atom. The van der Waals surface area contributed by atoms with E-state index in [2.05, 4.69) is 11.1 Å². The minimum Gasteiger partial charge on any atom is -0.463 e. The van der Waals surface area contributed by atoms with Crippen LogP contribution in [-0.4, -0.2) is 23.3 Å². The SMILES string of the molecule is CCOC(=O)C1=C(CSc2[nH]c(=O)cc(C)c2C#N)OC(N)=C(C#N)[C@H]1c1ccccc1. The van der Waals surface area contributed by atoms with E-state index in [9.17, 15) is 20.1 Å². The third-order valence-corrected chi connectivity index (χ3v) is 5.79. The van der Waals surface area contributed by atoms with Gasteiger partial charge in [-0.15, -0.1) is 0 Å². The van der Waals surface area contributed by atoms with E-state index in [1.165, 1.54) is 6.07 Å². The van der Waals surface area contributed by atoms with Crippen LogP contribution in [0.5, 0.6) is 0 Å². The Morgan fingerprint density at radius 1 is 1.28 bits per heavy atom. The first-order valence-electron chi connectivity index (χ1n) is 9.70. The Labute approximate surface area is 189 Å². The highest BCUT2D eigenvalue weighted by Gasteiger charge is 2.37. The zero-order chi connectivity index (χ0) is 23.3. The van der Waals surface area contributed by atoms with Gasteiger partial charge in [-0.25, -0.2) is 4.79 Å². The largest absolute Gasteiger partial charge is 0.463 e. The molecule has 2 aromatic rings. The highest BCUT2D eigenvalue weighted by Crippen LogP contribution is 2.41. The molecule has 0 unspecified atom stereocenters. The first-order valence-corrected chi connectivity index (χ1v) is 10.7. The van der Waals surface area contributed by atoms with Gasteiger partial charge in [0.05, 0.1) is 34.4 Å². The average molecular weight is 449 g/mol. The topological polar surface area (TPSA) is 142 Å². The van der Waals surface area contributed by atoms with Crippen molar-refractivity contribution in [2.24, 2.45) is 5.73 Å². The van der Waals surface area contributed by atoms with Crippen molar-refractivity contribution in [3.63, 3.8) is 0 Å².